The van der Waals surface area contributed by atoms with Crippen molar-refractivity contribution in [1.82, 2.24) is 19.8 Å². The van der Waals surface area contributed by atoms with E-state index in [-0.39, 0.29) is 18.2 Å². The standard InChI is InChI=1S/C58H50N4.C2H6/c1-3-17-39(18-4-1)41-21-15-23-43(33-41)52-38-53(60-58(59-52)44-24-16-22-42(34-44)40-19-5-2-6-20-40)45-35-46(61-54-29-11-7-25-48(54)49-26-8-12-30-55(49)61)37-47(36-45)62-56-31-13-9-27-50(56)51-28-10-14-32-57(51)62;1-2/h1,3,5,7-17,19,21-37,40,52-53,58-60H,2,4,6,18,20,38H2;1-2H3. The zero-order chi connectivity index (χ0) is 43.0. The maximum absolute atomic E-state index is 4.22. The molecule has 2 N–H and O–H groups in total. The lowest BCUT2D eigenvalue weighted by molar-refractivity contribution is 0.247. The predicted molar refractivity (Wildman–Crippen MR) is 271 cm³/mol. The summed E-state index contributed by atoms with van der Waals surface area (Å²) in [6, 6.07) is 61.7. The predicted octanol–water partition coefficient (Wildman–Crippen LogP) is 15.5. The SMILES string of the molecule is C1=CCCC(c2cccc(C3CC(c4cc(-n5c6ccccc6c6ccccc65)cc(-n5c6ccccc6c6ccccc65)c4)NC(c4cccc(C5C=CCCC5)c4)N3)c2)=C1.CC. The van der Waals surface area contributed by atoms with Gasteiger partial charge in [-0.1, -0.05) is 159 Å². The average molecular weight is 833 g/mol. The van der Waals surface area contributed by atoms with Crippen LogP contribution in [-0.2, 0) is 0 Å². The number of hydrogen-bond acceptors (Lipinski definition) is 2. The van der Waals surface area contributed by atoms with Gasteiger partial charge < -0.3 is 9.13 Å². The molecular weight excluding hydrogens is 777 g/mol. The van der Waals surface area contributed by atoms with Gasteiger partial charge in [-0.3, -0.25) is 10.6 Å². The van der Waals surface area contributed by atoms with Gasteiger partial charge in [-0.15, -0.1) is 0 Å². The summed E-state index contributed by atoms with van der Waals surface area (Å²) in [5, 5.41) is 13.4. The van der Waals surface area contributed by atoms with Gasteiger partial charge in [0.2, 0.25) is 0 Å². The fraction of sp³-hybridized carbons (Fsp3) is 0.200. The highest BCUT2D eigenvalue weighted by Crippen LogP contribution is 2.41. The number of aromatic nitrogens is 2. The molecule has 1 aliphatic heterocycles. The Kier molecular flexibility index (Phi) is 10.9. The van der Waals surface area contributed by atoms with E-state index in [0.717, 1.165) is 30.6 Å². The molecule has 2 aliphatic carbocycles. The zero-order valence-electron chi connectivity index (χ0n) is 36.9. The molecule has 7 aromatic carbocycles. The van der Waals surface area contributed by atoms with Crippen LogP contribution in [0.3, 0.4) is 0 Å². The van der Waals surface area contributed by atoms with Gasteiger partial charge in [0, 0.05) is 50.9 Å². The highest BCUT2D eigenvalue weighted by Gasteiger charge is 2.32. The van der Waals surface area contributed by atoms with Crippen molar-refractivity contribution in [3.05, 3.63) is 222 Å². The Morgan fingerprint density at radius 3 is 1.59 bits per heavy atom. The fourth-order valence-corrected chi connectivity index (χ4v) is 10.8. The van der Waals surface area contributed by atoms with E-state index in [2.05, 4.69) is 214 Å². The highest BCUT2D eigenvalue weighted by atomic mass is 15.2. The van der Waals surface area contributed by atoms with E-state index in [4.69, 9.17) is 0 Å². The quantitative estimate of drug-likeness (QED) is 0.157. The van der Waals surface area contributed by atoms with Gasteiger partial charge in [-0.05, 0) is 120 Å². The van der Waals surface area contributed by atoms with E-state index >= 15 is 0 Å². The Bertz CT molecular complexity index is 3010. The van der Waals surface area contributed by atoms with Crippen LogP contribution in [0.15, 0.2) is 194 Å². The fourth-order valence-electron chi connectivity index (χ4n) is 10.8. The number of hydrogen-bond donors (Lipinski definition) is 2. The summed E-state index contributed by atoms with van der Waals surface area (Å²) >= 11 is 0. The Morgan fingerprint density at radius 1 is 0.484 bits per heavy atom. The van der Waals surface area contributed by atoms with Crippen LogP contribution in [0.1, 0.15) is 104 Å². The maximum atomic E-state index is 4.22. The molecule has 4 unspecified atom stereocenters. The van der Waals surface area contributed by atoms with Crippen LogP contribution in [0.25, 0.3) is 60.6 Å². The number of para-hydroxylation sites is 4. The third kappa shape index (κ3) is 7.31. The van der Waals surface area contributed by atoms with Crippen molar-refractivity contribution >= 4 is 49.2 Å². The molecule has 9 aromatic rings. The van der Waals surface area contributed by atoms with Crippen LogP contribution in [-0.4, -0.2) is 9.13 Å². The molecule has 12 rings (SSSR count). The molecule has 2 aromatic heterocycles. The van der Waals surface area contributed by atoms with Crippen LogP contribution in [0.2, 0.25) is 0 Å². The molecule has 0 radical (unpaired) electrons. The smallest absolute Gasteiger partial charge is 0.0845 e. The molecule has 4 heteroatoms. The Morgan fingerprint density at radius 2 is 1.03 bits per heavy atom. The third-order valence-electron chi connectivity index (χ3n) is 13.8. The first kappa shape index (κ1) is 40.1. The maximum Gasteiger partial charge on any atom is 0.0845 e. The summed E-state index contributed by atoms with van der Waals surface area (Å²) in [6.45, 7) is 4.00. The lowest BCUT2D eigenvalue weighted by Crippen LogP contribution is -2.45. The van der Waals surface area contributed by atoms with Crippen LogP contribution in [0, 0.1) is 0 Å². The Hall–Kier alpha value is -6.72. The van der Waals surface area contributed by atoms with Gasteiger partial charge in [0.05, 0.1) is 28.2 Å². The van der Waals surface area contributed by atoms with Gasteiger partial charge in [0.1, 0.15) is 0 Å². The number of nitrogens with one attached hydrogen (secondary N) is 2. The molecule has 0 saturated carbocycles. The summed E-state index contributed by atoms with van der Waals surface area (Å²) < 4.78 is 4.97. The molecule has 0 spiro atoms. The number of benzene rings is 7. The van der Waals surface area contributed by atoms with E-state index in [1.165, 1.54) is 96.3 Å². The number of nitrogens with zero attached hydrogens (tertiary/aromatic N) is 2. The van der Waals surface area contributed by atoms with E-state index < -0.39 is 0 Å². The topological polar surface area (TPSA) is 33.9 Å². The van der Waals surface area contributed by atoms with E-state index in [9.17, 15) is 0 Å². The monoisotopic (exact) mass is 832 g/mol. The summed E-state index contributed by atoms with van der Waals surface area (Å²) in [7, 11) is 0. The third-order valence-corrected chi connectivity index (χ3v) is 13.8. The zero-order valence-corrected chi connectivity index (χ0v) is 36.9. The summed E-state index contributed by atoms with van der Waals surface area (Å²) in [6.07, 6.45) is 18.2. The van der Waals surface area contributed by atoms with Gasteiger partial charge in [-0.25, -0.2) is 0 Å². The largest absolute Gasteiger partial charge is 0.309 e. The summed E-state index contributed by atoms with van der Waals surface area (Å²) in [4.78, 5) is 0. The Labute approximate surface area is 377 Å². The minimum Gasteiger partial charge on any atom is -0.309 e. The van der Waals surface area contributed by atoms with Crippen molar-refractivity contribution in [2.45, 2.75) is 76.5 Å². The molecule has 1 saturated heterocycles. The van der Waals surface area contributed by atoms with E-state index in [1.54, 1.807) is 0 Å². The first-order valence-electron chi connectivity index (χ1n) is 23.6. The first-order valence-corrected chi connectivity index (χ1v) is 23.6. The minimum absolute atomic E-state index is 0.0462. The van der Waals surface area contributed by atoms with Crippen molar-refractivity contribution in [1.29, 1.82) is 0 Å². The molecule has 3 aliphatic rings. The van der Waals surface area contributed by atoms with Crippen LogP contribution >= 0.6 is 0 Å². The molecule has 1 fully saturated rings. The van der Waals surface area contributed by atoms with Crippen molar-refractivity contribution in [3.8, 4) is 11.4 Å². The lowest BCUT2D eigenvalue weighted by atomic mass is 9.86. The number of rotatable bonds is 7. The second kappa shape index (κ2) is 17.4. The second-order valence-corrected chi connectivity index (χ2v) is 17.5. The Balaban J connectivity index is 0.00000225. The van der Waals surface area contributed by atoms with Gasteiger partial charge >= 0.3 is 0 Å². The normalized spacial score (nSPS) is 19.8. The van der Waals surface area contributed by atoms with Gasteiger partial charge in [0.25, 0.3) is 0 Å². The molecule has 64 heavy (non-hydrogen) atoms. The number of fused-ring (bicyclic) bond motifs is 6. The molecule has 0 amide bonds. The number of allylic oxidation sites excluding steroid dienone is 6. The molecule has 4 nitrogen and oxygen atoms in total. The van der Waals surface area contributed by atoms with Crippen molar-refractivity contribution in [3.63, 3.8) is 0 Å². The van der Waals surface area contributed by atoms with E-state index in [1.807, 2.05) is 13.8 Å². The second-order valence-electron chi connectivity index (χ2n) is 17.5. The summed E-state index contributed by atoms with van der Waals surface area (Å²) in [5.41, 5.74) is 15.2. The van der Waals surface area contributed by atoms with Crippen molar-refractivity contribution < 1.29 is 0 Å². The van der Waals surface area contributed by atoms with Crippen LogP contribution < -0.4 is 10.6 Å². The highest BCUT2D eigenvalue weighted by molar-refractivity contribution is 6.10. The van der Waals surface area contributed by atoms with Gasteiger partial charge in [-0.2, -0.15) is 0 Å². The molecule has 4 atom stereocenters. The van der Waals surface area contributed by atoms with Gasteiger partial charge in [0.15, 0.2) is 0 Å². The first-order chi connectivity index (χ1) is 31.7. The van der Waals surface area contributed by atoms with Crippen molar-refractivity contribution in [2.75, 3.05) is 0 Å². The molecular formula is C60H56N4. The molecule has 316 valence electrons. The molecule has 3 heterocycles. The van der Waals surface area contributed by atoms with Crippen LogP contribution in [0.4, 0.5) is 0 Å². The summed E-state index contributed by atoms with van der Waals surface area (Å²) in [5.74, 6) is 0.463. The van der Waals surface area contributed by atoms with E-state index in [0.29, 0.717) is 5.92 Å². The molecule has 0 bridgehead atoms. The average Bonchev–Trinajstić information content (AvgIpc) is 3.90. The van der Waals surface area contributed by atoms with Crippen molar-refractivity contribution in [2.24, 2.45) is 0 Å². The minimum atomic E-state index is -0.0552. The van der Waals surface area contributed by atoms with Crippen LogP contribution in [0.5, 0.6) is 0 Å². The lowest BCUT2D eigenvalue weighted by Gasteiger charge is -2.39.